The standard InChI is InChI=1S/C25H28N6O3/c1-16(2)22(27-24(32)18-8-12-34-15-18)23-29-28-21-7-9-30(10-11-31(21)23)14-19-13-17-5-3-4-6-20(17)26-25(19)33/h3-6,8,12-13,15-16,22H,7,9-11,14H2,1-2H3,(H,26,33)(H,27,32)/t22-/m0/s1. The Labute approximate surface area is 196 Å². The highest BCUT2D eigenvalue weighted by molar-refractivity contribution is 5.94. The maximum Gasteiger partial charge on any atom is 0.255 e. The van der Waals surface area contributed by atoms with Crippen LogP contribution in [0.3, 0.4) is 0 Å². The summed E-state index contributed by atoms with van der Waals surface area (Å²) in [4.78, 5) is 30.5. The van der Waals surface area contributed by atoms with E-state index in [0.717, 1.165) is 47.6 Å². The first kappa shape index (κ1) is 22.1. The molecule has 1 atom stereocenters. The first-order valence-electron chi connectivity index (χ1n) is 11.6. The van der Waals surface area contributed by atoms with Crippen molar-refractivity contribution in [2.24, 2.45) is 5.92 Å². The van der Waals surface area contributed by atoms with Gasteiger partial charge in [-0.15, -0.1) is 10.2 Å². The van der Waals surface area contributed by atoms with Crippen LogP contribution in [-0.2, 0) is 19.5 Å². The number of carbonyl (C=O) groups is 1. The summed E-state index contributed by atoms with van der Waals surface area (Å²) < 4.78 is 7.16. The van der Waals surface area contributed by atoms with Crippen molar-refractivity contribution in [1.82, 2.24) is 30.0 Å². The molecule has 1 aliphatic heterocycles. The van der Waals surface area contributed by atoms with E-state index in [1.807, 2.05) is 30.3 Å². The van der Waals surface area contributed by atoms with Crippen LogP contribution in [0.5, 0.6) is 0 Å². The fraction of sp³-hybridized carbons (Fsp3) is 0.360. The third-order valence-electron chi connectivity index (χ3n) is 6.39. The Bertz CT molecular complexity index is 1350. The van der Waals surface area contributed by atoms with Gasteiger partial charge in [-0.25, -0.2) is 0 Å². The van der Waals surface area contributed by atoms with Gasteiger partial charge in [-0.1, -0.05) is 32.0 Å². The highest BCUT2D eigenvalue weighted by Gasteiger charge is 2.28. The quantitative estimate of drug-likeness (QED) is 0.458. The molecule has 0 saturated carbocycles. The average Bonchev–Trinajstić information content (AvgIpc) is 3.46. The molecular weight excluding hydrogens is 432 g/mol. The van der Waals surface area contributed by atoms with E-state index in [1.54, 1.807) is 6.07 Å². The third kappa shape index (κ3) is 4.38. The summed E-state index contributed by atoms with van der Waals surface area (Å²) in [7, 11) is 0. The largest absolute Gasteiger partial charge is 0.472 e. The lowest BCUT2D eigenvalue weighted by atomic mass is 10.0. The second kappa shape index (κ2) is 9.26. The number of pyridine rings is 1. The molecule has 2 N–H and O–H groups in total. The maximum absolute atomic E-state index is 12.7. The Morgan fingerprint density at radius 2 is 2.03 bits per heavy atom. The molecule has 176 valence electrons. The zero-order valence-corrected chi connectivity index (χ0v) is 19.3. The number of benzene rings is 1. The molecule has 4 heterocycles. The Balaban J connectivity index is 1.33. The van der Waals surface area contributed by atoms with E-state index in [4.69, 9.17) is 4.42 Å². The molecule has 0 unspecified atom stereocenters. The number of rotatable bonds is 6. The molecule has 9 heteroatoms. The Morgan fingerprint density at radius 3 is 2.82 bits per heavy atom. The number of fused-ring (bicyclic) bond motifs is 2. The van der Waals surface area contributed by atoms with Crippen molar-refractivity contribution in [3.63, 3.8) is 0 Å². The molecule has 0 aliphatic carbocycles. The second-order valence-corrected chi connectivity index (χ2v) is 9.07. The van der Waals surface area contributed by atoms with Crippen molar-refractivity contribution in [2.45, 2.75) is 39.4 Å². The summed E-state index contributed by atoms with van der Waals surface area (Å²) in [5.74, 6) is 1.58. The number of nitrogens with zero attached hydrogens (tertiary/aromatic N) is 4. The van der Waals surface area contributed by atoms with Gasteiger partial charge in [0.1, 0.15) is 12.1 Å². The van der Waals surface area contributed by atoms with Crippen LogP contribution < -0.4 is 10.9 Å². The predicted molar refractivity (Wildman–Crippen MR) is 127 cm³/mol. The monoisotopic (exact) mass is 460 g/mol. The summed E-state index contributed by atoms with van der Waals surface area (Å²) >= 11 is 0. The van der Waals surface area contributed by atoms with Gasteiger partial charge in [-0.2, -0.15) is 0 Å². The van der Waals surface area contributed by atoms with E-state index in [0.29, 0.717) is 18.7 Å². The fourth-order valence-corrected chi connectivity index (χ4v) is 4.48. The minimum absolute atomic E-state index is 0.0510. The minimum atomic E-state index is -0.279. The molecule has 1 aliphatic rings. The van der Waals surface area contributed by atoms with Crippen LogP contribution >= 0.6 is 0 Å². The molecule has 4 aromatic rings. The topological polar surface area (TPSA) is 109 Å². The van der Waals surface area contributed by atoms with E-state index in [2.05, 4.69) is 43.8 Å². The number of aromatic nitrogens is 4. The number of H-pyrrole nitrogens is 1. The summed E-state index contributed by atoms with van der Waals surface area (Å²) in [6.07, 6.45) is 3.64. The van der Waals surface area contributed by atoms with E-state index >= 15 is 0 Å². The number of aromatic amines is 1. The second-order valence-electron chi connectivity index (χ2n) is 9.07. The van der Waals surface area contributed by atoms with Crippen LogP contribution in [0, 0.1) is 5.92 Å². The van der Waals surface area contributed by atoms with Gasteiger partial charge in [0, 0.05) is 43.7 Å². The van der Waals surface area contributed by atoms with E-state index < -0.39 is 0 Å². The highest BCUT2D eigenvalue weighted by Crippen LogP contribution is 2.23. The van der Waals surface area contributed by atoms with Crippen molar-refractivity contribution >= 4 is 16.8 Å². The smallest absolute Gasteiger partial charge is 0.255 e. The molecule has 0 fully saturated rings. The van der Waals surface area contributed by atoms with Gasteiger partial charge in [0.05, 0.1) is 17.9 Å². The maximum atomic E-state index is 12.7. The summed E-state index contributed by atoms with van der Waals surface area (Å²) in [5.41, 5.74) is 2.03. The number of hydrogen-bond acceptors (Lipinski definition) is 6. The van der Waals surface area contributed by atoms with Gasteiger partial charge in [0.15, 0.2) is 5.82 Å². The van der Waals surface area contributed by atoms with Crippen LogP contribution in [0.25, 0.3) is 10.9 Å². The van der Waals surface area contributed by atoms with Gasteiger partial charge >= 0.3 is 0 Å². The van der Waals surface area contributed by atoms with E-state index in [9.17, 15) is 9.59 Å². The molecule has 0 bridgehead atoms. The lowest BCUT2D eigenvalue weighted by Crippen LogP contribution is -2.34. The number of carbonyl (C=O) groups excluding carboxylic acids is 1. The molecule has 3 aromatic heterocycles. The summed E-state index contributed by atoms with van der Waals surface area (Å²) in [6, 6.07) is 11.2. The lowest BCUT2D eigenvalue weighted by Gasteiger charge is -2.23. The minimum Gasteiger partial charge on any atom is -0.472 e. The molecular formula is C25H28N6O3. The van der Waals surface area contributed by atoms with Gasteiger partial charge in [-0.05, 0) is 29.5 Å². The first-order chi connectivity index (χ1) is 16.5. The number of hydrogen-bond donors (Lipinski definition) is 2. The zero-order chi connectivity index (χ0) is 23.7. The molecule has 1 aromatic carbocycles. The van der Waals surface area contributed by atoms with Crippen molar-refractivity contribution in [3.8, 4) is 0 Å². The molecule has 0 saturated heterocycles. The number of nitrogens with one attached hydrogen (secondary N) is 2. The van der Waals surface area contributed by atoms with Crippen LogP contribution in [0.1, 0.15) is 47.5 Å². The van der Waals surface area contributed by atoms with Crippen LogP contribution in [-0.4, -0.2) is 43.6 Å². The van der Waals surface area contributed by atoms with Crippen molar-refractivity contribution in [2.75, 3.05) is 13.1 Å². The van der Waals surface area contributed by atoms with Crippen molar-refractivity contribution in [3.05, 3.63) is 82.1 Å². The number of para-hydroxylation sites is 1. The normalized spacial score (nSPS) is 15.3. The molecule has 0 radical (unpaired) electrons. The Morgan fingerprint density at radius 1 is 1.18 bits per heavy atom. The average molecular weight is 461 g/mol. The Kier molecular flexibility index (Phi) is 6.02. The summed E-state index contributed by atoms with van der Waals surface area (Å²) in [6.45, 7) is 6.89. The SMILES string of the molecule is CC(C)[C@H](NC(=O)c1ccoc1)c1nnc2n1CCN(Cc1cc3ccccc3[nH]c1=O)CC2. The van der Waals surface area contributed by atoms with Gasteiger partial charge < -0.3 is 19.3 Å². The molecule has 5 rings (SSSR count). The molecule has 9 nitrogen and oxygen atoms in total. The van der Waals surface area contributed by atoms with Crippen molar-refractivity contribution < 1.29 is 9.21 Å². The Hall–Kier alpha value is -3.72. The fourth-order valence-electron chi connectivity index (χ4n) is 4.48. The van der Waals surface area contributed by atoms with Gasteiger partial charge in [0.2, 0.25) is 0 Å². The van der Waals surface area contributed by atoms with E-state index in [1.165, 1.54) is 12.5 Å². The number of furan rings is 1. The molecule has 1 amide bonds. The third-order valence-corrected chi connectivity index (χ3v) is 6.39. The van der Waals surface area contributed by atoms with E-state index in [-0.39, 0.29) is 23.4 Å². The first-order valence-corrected chi connectivity index (χ1v) is 11.6. The van der Waals surface area contributed by atoms with Gasteiger partial charge in [-0.3, -0.25) is 14.5 Å². The number of amides is 1. The lowest BCUT2D eigenvalue weighted by molar-refractivity contribution is 0.0921. The molecule has 0 spiro atoms. The van der Waals surface area contributed by atoms with Crippen molar-refractivity contribution in [1.29, 1.82) is 0 Å². The summed E-state index contributed by atoms with van der Waals surface area (Å²) in [5, 5.41) is 13.0. The molecule has 34 heavy (non-hydrogen) atoms. The van der Waals surface area contributed by atoms with Gasteiger partial charge in [0.25, 0.3) is 11.5 Å². The highest BCUT2D eigenvalue weighted by atomic mass is 16.3. The zero-order valence-electron chi connectivity index (χ0n) is 19.3. The van der Waals surface area contributed by atoms with Crippen LogP contribution in [0.2, 0.25) is 0 Å². The van der Waals surface area contributed by atoms with Crippen LogP contribution in [0.4, 0.5) is 0 Å². The predicted octanol–water partition coefficient (Wildman–Crippen LogP) is 2.90. The van der Waals surface area contributed by atoms with Crippen LogP contribution in [0.15, 0.2) is 58.1 Å².